The highest BCUT2D eigenvalue weighted by Gasteiger charge is 2.32. The molecule has 5 nitrogen and oxygen atoms in total. The first-order valence-electron chi connectivity index (χ1n) is 9.17. The second-order valence-electron chi connectivity index (χ2n) is 7.13. The zero-order valence-corrected chi connectivity index (χ0v) is 15.0. The molecule has 3 atom stereocenters. The average Bonchev–Trinajstić information content (AvgIpc) is 3.29. The highest BCUT2D eigenvalue weighted by Crippen LogP contribution is 2.29. The number of fused-ring (bicyclic) bond motifs is 1. The van der Waals surface area contributed by atoms with E-state index in [9.17, 15) is 5.11 Å². The maximum absolute atomic E-state index is 10.4. The van der Waals surface area contributed by atoms with Gasteiger partial charge in [0.15, 0.2) is 0 Å². The van der Waals surface area contributed by atoms with Crippen molar-refractivity contribution in [2.24, 2.45) is 5.92 Å². The summed E-state index contributed by atoms with van der Waals surface area (Å²) in [4.78, 5) is 0. The number of aromatic nitrogens is 2. The molecule has 0 amide bonds. The minimum absolute atomic E-state index is 0.103. The lowest BCUT2D eigenvalue weighted by Crippen LogP contribution is -2.35. The number of hydrogen-bond donors (Lipinski definition) is 2. The first-order chi connectivity index (χ1) is 12.7. The summed E-state index contributed by atoms with van der Waals surface area (Å²) in [5, 5.41) is 20.6. The minimum atomic E-state index is -0.318. The van der Waals surface area contributed by atoms with Crippen LogP contribution in [0.25, 0.3) is 10.8 Å². The third-order valence-corrected chi connectivity index (χ3v) is 5.33. The van der Waals surface area contributed by atoms with Crippen molar-refractivity contribution in [3.8, 4) is 5.75 Å². The zero-order chi connectivity index (χ0) is 17.9. The van der Waals surface area contributed by atoms with Crippen LogP contribution in [0, 0.1) is 5.92 Å². The minimum Gasteiger partial charge on any atom is -0.496 e. The second kappa shape index (κ2) is 7.48. The van der Waals surface area contributed by atoms with E-state index in [0.717, 1.165) is 30.7 Å². The van der Waals surface area contributed by atoms with E-state index in [4.69, 9.17) is 4.74 Å². The first kappa shape index (κ1) is 17.1. The molecule has 4 rings (SSSR count). The van der Waals surface area contributed by atoms with Gasteiger partial charge in [-0.2, -0.15) is 5.10 Å². The standard InChI is InChI=1S/C21H25N3O2/c1-26-21-12-17-6-3-2-5-16(17)11-18(21)13-22-19-9-15(10-20(19)25)14-24-8-4-7-23-24/h2-8,11-12,15,19-20,22,25H,9-10,13-14H2,1H3/t15?,19-,20-/m1/s1. The van der Waals surface area contributed by atoms with Gasteiger partial charge in [0.25, 0.3) is 0 Å². The molecule has 26 heavy (non-hydrogen) atoms. The maximum atomic E-state index is 10.4. The summed E-state index contributed by atoms with van der Waals surface area (Å²) in [5.41, 5.74) is 1.12. The molecule has 1 aromatic heterocycles. The van der Waals surface area contributed by atoms with E-state index >= 15 is 0 Å². The number of methoxy groups -OCH3 is 1. The lowest BCUT2D eigenvalue weighted by atomic mass is 10.0. The highest BCUT2D eigenvalue weighted by molar-refractivity contribution is 5.85. The second-order valence-corrected chi connectivity index (χ2v) is 7.13. The number of hydrogen-bond acceptors (Lipinski definition) is 4. The summed E-state index contributed by atoms with van der Waals surface area (Å²) >= 11 is 0. The van der Waals surface area contributed by atoms with Crippen molar-refractivity contribution >= 4 is 10.8 Å². The van der Waals surface area contributed by atoms with Crippen molar-refractivity contribution < 1.29 is 9.84 Å². The van der Waals surface area contributed by atoms with Gasteiger partial charge in [-0.15, -0.1) is 0 Å². The van der Waals surface area contributed by atoms with E-state index in [1.54, 1.807) is 13.3 Å². The van der Waals surface area contributed by atoms with Crippen molar-refractivity contribution in [3.05, 3.63) is 60.4 Å². The van der Waals surface area contributed by atoms with Gasteiger partial charge in [0.2, 0.25) is 0 Å². The maximum Gasteiger partial charge on any atom is 0.123 e. The summed E-state index contributed by atoms with van der Waals surface area (Å²) in [7, 11) is 1.71. The number of rotatable bonds is 6. The van der Waals surface area contributed by atoms with E-state index in [1.807, 2.05) is 29.1 Å². The Balaban J connectivity index is 1.42. The molecule has 5 heteroatoms. The van der Waals surface area contributed by atoms with Gasteiger partial charge in [-0.1, -0.05) is 24.3 Å². The Morgan fingerprint density at radius 3 is 2.73 bits per heavy atom. The molecular weight excluding hydrogens is 326 g/mol. The monoisotopic (exact) mass is 351 g/mol. The molecule has 1 aliphatic rings. The fourth-order valence-corrected chi connectivity index (χ4v) is 4.00. The fraction of sp³-hybridized carbons (Fsp3) is 0.381. The molecule has 0 radical (unpaired) electrons. The molecule has 2 aromatic carbocycles. The number of nitrogens with zero attached hydrogens (tertiary/aromatic N) is 2. The number of ether oxygens (including phenoxy) is 1. The Bertz CT molecular complexity index is 863. The smallest absolute Gasteiger partial charge is 0.123 e. The van der Waals surface area contributed by atoms with Crippen LogP contribution in [0.2, 0.25) is 0 Å². The van der Waals surface area contributed by atoms with E-state index in [1.165, 1.54) is 10.8 Å². The molecule has 0 bridgehead atoms. The van der Waals surface area contributed by atoms with Crippen LogP contribution in [0.4, 0.5) is 0 Å². The summed E-state index contributed by atoms with van der Waals surface area (Å²) in [5.74, 6) is 1.33. The van der Waals surface area contributed by atoms with Gasteiger partial charge in [-0.05, 0) is 47.7 Å². The summed E-state index contributed by atoms with van der Waals surface area (Å²) in [6, 6.07) is 14.6. The summed E-state index contributed by atoms with van der Waals surface area (Å²) < 4.78 is 7.52. The van der Waals surface area contributed by atoms with E-state index in [0.29, 0.717) is 12.5 Å². The van der Waals surface area contributed by atoms with Gasteiger partial charge in [0, 0.05) is 37.1 Å². The van der Waals surface area contributed by atoms with Gasteiger partial charge in [-0.25, -0.2) is 0 Å². The molecule has 0 spiro atoms. The lowest BCUT2D eigenvalue weighted by molar-refractivity contribution is 0.145. The lowest BCUT2D eigenvalue weighted by Gasteiger charge is -2.18. The van der Waals surface area contributed by atoms with Crippen molar-refractivity contribution in [2.75, 3.05) is 7.11 Å². The summed E-state index contributed by atoms with van der Waals surface area (Å²) in [6.45, 7) is 1.55. The third-order valence-electron chi connectivity index (χ3n) is 5.33. The van der Waals surface area contributed by atoms with E-state index in [2.05, 4.69) is 34.7 Å². The number of nitrogens with one attached hydrogen (secondary N) is 1. The molecule has 1 unspecified atom stereocenters. The Hall–Kier alpha value is -2.37. The van der Waals surface area contributed by atoms with Crippen molar-refractivity contribution in [1.29, 1.82) is 0 Å². The van der Waals surface area contributed by atoms with Crippen LogP contribution in [0.1, 0.15) is 18.4 Å². The predicted octanol–water partition coefficient (Wildman–Crippen LogP) is 2.97. The van der Waals surface area contributed by atoms with Crippen molar-refractivity contribution in [2.45, 2.75) is 38.1 Å². The normalized spacial score (nSPS) is 22.8. The van der Waals surface area contributed by atoms with E-state index < -0.39 is 0 Å². The molecule has 1 fully saturated rings. The molecule has 2 N–H and O–H groups in total. The number of aliphatic hydroxyl groups is 1. The molecule has 3 aromatic rings. The average molecular weight is 351 g/mol. The third kappa shape index (κ3) is 3.59. The van der Waals surface area contributed by atoms with Crippen LogP contribution in [0.5, 0.6) is 5.75 Å². The molecule has 1 saturated carbocycles. The first-order valence-corrected chi connectivity index (χ1v) is 9.17. The van der Waals surface area contributed by atoms with Gasteiger partial charge in [0.05, 0.1) is 13.2 Å². The highest BCUT2D eigenvalue weighted by atomic mass is 16.5. The van der Waals surface area contributed by atoms with Crippen LogP contribution in [-0.4, -0.2) is 34.1 Å². The number of benzene rings is 2. The SMILES string of the molecule is COc1cc2ccccc2cc1CN[C@@H]1CC(Cn2cccn2)C[C@H]1O. The quantitative estimate of drug-likeness (QED) is 0.717. The van der Waals surface area contributed by atoms with E-state index in [-0.39, 0.29) is 12.1 Å². The van der Waals surface area contributed by atoms with Gasteiger partial charge >= 0.3 is 0 Å². The van der Waals surface area contributed by atoms with Crippen molar-refractivity contribution in [3.63, 3.8) is 0 Å². The molecule has 136 valence electrons. The molecular formula is C21H25N3O2. The largest absolute Gasteiger partial charge is 0.496 e. The predicted molar refractivity (Wildman–Crippen MR) is 102 cm³/mol. The Kier molecular flexibility index (Phi) is 4.91. The summed E-state index contributed by atoms with van der Waals surface area (Å²) in [6.07, 6.45) is 5.23. The molecule has 1 heterocycles. The molecule has 1 aliphatic carbocycles. The van der Waals surface area contributed by atoms with Gasteiger partial charge in [0.1, 0.15) is 5.75 Å². The van der Waals surface area contributed by atoms with Crippen LogP contribution in [-0.2, 0) is 13.1 Å². The van der Waals surface area contributed by atoms with Gasteiger partial charge < -0.3 is 15.2 Å². The van der Waals surface area contributed by atoms with Gasteiger partial charge in [-0.3, -0.25) is 4.68 Å². The Morgan fingerprint density at radius 1 is 1.19 bits per heavy atom. The van der Waals surface area contributed by atoms with Crippen LogP contribution in [0.3, 0.4) is 0 Å². The Morgan fingerprint density at radius 2 is 2.00 bits per heavy atom. The van der Waals surface area contributed by atoms with Crippen LogP contribution >= 0.6 is 0 Å². The topological polar surface area (TPSA) is 59.3 Å². The fourth-order valence-electron chi connectivity index (χ4n) is 4.00. The zero-order valence-electron chi connectivity index (χ0n) is 15.0. The molecule has 0 saturated heterocycles. The number of aliphatic hydroxyl groups excluding tert-OH is 1. The Labute approximate surface area is 153 Å². The van der Waals surface area contributed by atoms with Crippen LogP contribution in [0.15, 0.2) is 54.9 Å². The van der Waals surface area contributed by atoms with Crippen LogP contribution < -0.4 is 10.1 Å². The molecule has 0 aliphatic heterocycles. The van der Waals surface area contributed by atoms with Crippen molar-refractivity contribution in [1.82, 2.24) is 15.1 Å².